The third-order valence-electron chi connectivity index (χ3n) is 2.55. The molecule has 0 amide bonds. The van der Waals surface area contributed by atoms with E-state index in [0.717, 1.165) is 32.4 Å². The highest BCUT2D eigenvalue weighted by atomic mass is 16.3. The average molecular weight is 232 g/mol. The zero-order valence-electron chi connectivity index (χ0n) is 10.5. The van der Waals surface area contributed by atoms with Crippen LogP contribution in [0.15, 0.2) is 0 Å². The Kier molecular flexibility index (Phi) is 12.8. The maximum absolute atomic E-state index is 8.71. The van der Waals surface area contributed by atoms with Crippen LogP contribution in [0.1, 0.15) is 45.4 Å². The molecule has 0 aromatic rings. The molecular weight excluding hydrogens is 204 g/mol. The minimum absolute atomic E-state index is 0.241. The molecule has 0 aliphatic heterocycles. The fraction of sp³-hybridized carbons (Fsp3) is 1.00. The van der Waals surface area contributed by atoms with E-state index in [0.29, 0.717) is 6.17 Å². The molecule has 0 aliphatic rings. The van der Waals surface area contributed by atoms with E-state index in [9.17, 15) is 0 Å². The summed E-state index contributed by atoms with van der Waals surface area (Å²) < 4.78 is 0. The van der Waals surface area contributed by atoms with E-state index >= 15 is 0 Å². The van der Waals surface area contributed by atoms with Gasteiger partial charge in [0.15, 0.2) is 0 Å². The molecule has 0 radical (unpaired) electrons. The molecule has 16 heavy (non-hydrogen) atoms. The molecule has 0 spiro atoms. The first-order valence-electron chi connectivity index (χ1n) is 6.53. The highest BCUT2D eigenvalue weighted by Gasteiger charge is 2.05. The molecular formula is C12H28N2O2. The monoisotopic (exact) mass is 232 g/mol. The van der Waals surface area contributed by atoms with Crippen molar-refractivity contribution in [1.82, 2.24) is 10.6 Å². The molecule has 0 aliphatic carbocycles. The van der Waals surface area contributed by atoms with Crippen LogP contribution in [0.25, 0.3) is 0 Å². The highest BCUT2D eigenvalue weighted by molar-refractivity contribution is 4.64. The topological polar surface area (TPSA) is 64.5 Å². The summed E-state index contributed by atoms with van der Waals surface area (Å²) in [4.78, 5) is 0. The number of unbranched alkanes of at least 4 members (excludes halogenated alkanes) is 2. The lowest BCUT2D eigenvalue weighted by atomic mass is 10.1. The van der Waals surface area contributed by atoms with E-state index < -0.39 is 0 Å². The number of nitrogens with one attached hydrogen (secondary N) is 2. The van der Waals surface area contributed by atoms with Gasteiger partial charge in [0.05, 0.1) is 6.17 Å². The van der Waals surface area contributed by atoms with Crippen molar-refractivity contribution in [2.24, 2.45) is 0 Å². The van der Waals surface area contributed by atoms with Gasteiger partial charge in [0.1, 0.15) is 0 Å². The fourth-order valence-corrected chi connectivity index (χ4v) is 1.59. The first kappa shape index (κ1) is 15.8. The quantitative estimate of drug-likeness (QED) is 0.297. The van der Waals surface area contributed by atoms with Crippen molar-refractivity contribution in [2.45, 2.75) is 51.6 Å². The lowest BCUT2D eigenvalue weighted by Crippen LogP contribution is -2.43. The largest absolute Gasteiger partial charge is 0.396 e. The van der Waals surface area contributed by atoms with Crippen LogP contribution in [-0.4, -0.2) is 42.7 Å². The molecule has 0 heterocycles. The van der Waals surface area contributed by atoms with Crippen molar-refractivity contribution < 1.29 is 10.2 Å². The maximum atomic E-state index is 8.71. The van der Waals surface area contributed by atoms with Crippen LogP contribution >= 0.6 is 0 Å². The minimum Gasteiger partial charge on any atom is -0.396 e. The van der Waals surface area contributed by atoms with E-state index in [1.54, 1.807) is 0 Å². The van der Waals surface area contributed by atoms with Crippen LogP contribution in [0.2, 0.25) is 0 Å². The summed E-state index contributed by atoms with van der Waals surface area (Å²) in [6, 6.07) is 0. The average Bonchev–Trinajstić information content (AvgIpc) is 2.29. The molecule has 0 saturated carbocycles. The second-order valence-electron chi connectivity index (χ2n) is 4.11. The van der Waals surface area contributed by atoms with E-state index in [4.69, 9.17) is 10.2 Å². The summed E-state index contributed by atoms with van der Waals surface area (Å²) in [5.74, 6) is 0. The van der Waals surface area contributed by atoms with Gasteiger partial charge < -0.3 is 20.8 Å². The molecule has 4 heteroatoms. The SMILES string of the molecule is CCCCCC(NCCCO)NCCCO. The Labute approximate surface area is 99.4 Å². The molecule has 0 rings (SSSR count). The number of rotatable bonds is 12. The van der Waals surface area contributed by atoms with Gasteiger partial charge >= 0.3 is 0 Å². The Hall–Kier alpha value is -0.160. The van der Waals surface area contributed by atoms with Gasteiger partial charge in [0.25, 0.3) is 0 Å². The van der Waals surface area contributed by atoms with Crippen LogP contribution in [0.3, 0.4) is 0 Å². The predicted molar refractivity (Wildman–Crippen MR) is 67.3 cm³/mol. The Morgan fingerprint density at radius 2 is 1.44 bits per heavy atom. The Morgan fingerprint density at radius 3 is 1.88 bits per heavy atom. The molecule has 0 bridgehead atoms. The van der Waals surface area contributed by atoms with Crippen molar-refractivity contribution >= 4 is 0 Å². The van der Waals surface area contributed by atoms with Crippen molar-refractivity contribution in [3.05, 3.63) is 0 Å². The van der Waals surface area contributed by atoms with Crippen LogP contribution in [0, 0.1) is 0 Å². The van der Waals surface area contributed by atoms with Gasteiger partial charge in [0, 0.05) is 13.2 Å². The van der Waals surface area contributed by atoms with Crippen molar-refractivity contribution in [3.8, 4) is 0 Å². The summed E-state index contributed by atoms with van der Waals surface area (Å²) in [6.45, 7) is 4.38. The minimum atomic E-state index is 0.241. The van der Waals surface area contributed by atoms with E-state index in [1.165, 1.54) is 19.3 Å². The van der Waals surface area contributed by atoms with Crippen LogP contribution in [0.5, 0.6) is 0 Å². The van der Waals surface area contributed by atoms with Gasteiger partial charge in [-0.2, -0.15) is 0 Å². The highest BCUT2D eigenvalue weighted by Crippen LogP contribution is 2.01. The standard InChI is InChI=1S/C12H28N2O2/c1-2-3-4-7-12(13-8-5-10-15)14-9-6-11-16/h12-16H,2-11H2,1H3. The predicted octanol–water partition coefficient (Wildman–Crippen LogP) is 0.837. The molecule has 0 atom stereocenters. The van der Waals surface area contributed by atoms with E-state index in [1.807, 2.05) is 0 Å². The molecule has 0 saturated heterocycles. The summed E-state index contributed by atoms with van der Waals surface area (Å²) in [5.41, 5.74) is 0. The van der Waals surface area contributed by atoms with Crippen molar-refractivity contribution in [2.75, 3.05) is 26.3 Å². The van der Waals surface area contributed by atoms with Gasteiger partial charge in [-0.15, -0.1) is 0 Å². The lowest BCUT2D eigenvalue weighted by molar-refractivity contribution is 0.268. The molecule has 98 valence electrons. The molecule has 4 N–H and O–H groups in total. The van der Waals surface area contributed by atoms with Gasteiger partial charge in [-0.3, -0.25) is 0 Å². The van der Waals surface area contributed by atoms with Gasteiger partial charge in [0.2, 0.25) is 0 Å². The summed E-state index contributed by atoms with van der Waals surface area (Å²) in [7, 11) is 0. The smallest absolute Gasteiger partial charge is 0.0571 e. The van der Waals surface area contributed by atoms with Gasteiger partial charge in [-0.05, 0) is 32.4 Å². The second-order valence-corrected chi connectivity index (χ2v) is 4.11. The summed E-state index contributed by atoms with van der Waals surface area (Å²) in [5, 5.41) is 24.2. The van der Waals surface area contributed by atoms with Crippen LogP contribution in [-0.2, 0) is 0 Å². The zero-order valence-corrected chi connectivity index (χ0v) is 10.5. The first-order chi connectivity index (χ1) is 7.85. The molecule has 4 nitrogen and oxygen atoms in total. The molecule has 0 aromatic carbocycles. The Morgan fingerprint density at radius 1 is 0.875 bits per heavy atom. The number of aliphatic hydroxyl groups excluding tert-OH is 2. The Balaban J connectivity index is 3.58. The number of hydrogen-bond donors (Lipinski definition) is 4. The van der Waals surface area contributed by atoms with Crippen molar-refractivity contribution in [1.29, 1.82) is 0 Å². The third-order valence-corrected chi connectivity index (χ3v) is 2.55. The normalized spacial score (nSPS) is 11.2. The van der Waals surface area contributed by atoms with Gasteiger partial charge in [-0.25, -0.2) is 0 Å². The van der Waals surface area contributed by atoms with Gasteiger partial charge in [-0.1, -0.05) is 26.2 Å². The maximum Gasteiger partial charge on any atom is 0.0571 e. The molecule has 0 unspecified atom stereocenters. The fourth-order valence-electron chi connectivity index (χ4n) is 1.59. The number of aliphatic hydroxyl groups is 2. The van der Waals surface area contributed by atoms with E-state index in [2.05, 4.69) is 17.6 Å². The molecule has 0 fully saturated rings. The van der Waals surface area contributed by atoms with Crippen LogP contribution < -0.4 is 10.6 Å². The van der Waals surface area contributed by atoms with Crippen LogP contribution in [0.4, 0.5) is 0 Å². The van der Waals surface area contributed by atoms with Crippen molar-refractivity contribution in [3.63, 3.8) is 0 Å². The Bertz CT molecular complexity index is 110. The first-order valence-corrected chi connectivity index (χ1v) is 6.53. The molecule has 0 aromatic heterocycles. The zero-order chi connectivity index (χ0) is 12.1. The third kappa shape index (κ3) is 10.4. The number of hydrogen-bond acceptors (Lipinski definition) is 4. The van der Waals surface area contributed by atoms with E-state index in [-0.39, 0.29) is 13.2 Å². The summed E-state index contributed by atoms with van der Waals surface area (Å²) >= 11 is 0. The second kappa shape index (κ2) is 12.9. The lowest BCUT2D eigenvalue weighted by Gasteiger charge is -2.20. The summed E-state index contributed by atoms with van der Waals surface area (Å²) in [6.07, 6.45) is 6.76.